The van der Waals surface area contributed by atoms with Crippen molar-refractivity contribution in [3.63, 3.8) is 0 Å². The van der Waals surface area contributed by atoms with E-state index in [4.69, 9.17) is 0 Å². The lowest BCUT2D eigenvalue weighted by Gasteiger charge is -2.07. The number of benzene rings is 1. The molecule has 0 saturated heterocycles. The van der Waals surface area contributed by atoms with Crippen LogP contribution in [0.5, 0.6) is 0 Å². The van der Waals surface area contributed by atoms with Gasteiger partial charge in [0, 0.05) is 12.4 Å². The number of rotatable bonds is 3. The molecule has 1 aromatic carbocycles. The van der Waals surface area contributed by atoms with Gasteiger partial charge in [0.1, 0.15) is 11.6 Å². The van der Waals surface area contributed by atoms with Crippen molar-refractivity contribution in [2.75, 3.05) is 0 Å². The highest BCUT2D eigenvalue weighted by Crippen LogP contribution is 2.17. The number of halogens is 1. The van der Waals surface area contributed by atoms with Crippen LogP contribution in [0, 0.1) is 12.7 Å². The van der Waals surface area contributed by atoms with Crippen LogP contribution in [0.4, 0.5) is 4.39 Å². The van der Waals surface area contributed by atoms with E-state index in [0.29, 0.717) is 17.1 Å². The number of aromatic nitrogens is 2. The highest BCUT2D eigenvalue weighted by Gasteiger charge is 2.07. The predicted octanol–water partition coefficient (Wildman–Crippen LogP) is 2.16. The van der Waals surface area contributed by atoms with E-state index in [9.17, 15) is 9.18 Å². The average Bonchev–Trinajstić information content (AvgIpc) is 2.73. The van der Waals surface area contributed by atoms with Gasteiger partial charge in [0.25, 0.3) is 0 Å². The van der Waals surface area contributed by atoms with Crippen LogP contribution in [0.15, 0.2) is 35.6 Å². The van der Waals surface area contributed by atoms with Crippen molar-refractivity contribution < 1.29 is 9.18 Å². The van der Waals surface area contributed by atoms with Gasteiger partial charge in [-0.2, -0.15) is 0 Å². The predicted molar refractivity (Wildman–Crippen MR) is 60.1 cm³/mol. The molecule has 0 amide bonds. The van der Waals surface area contributed by atoms with Gasteiger partial charge in [-0.3, -0.25) is 0 Å². The third-order valence-electron chi connectivity index (χ3n) is 2.42. The smallest absolute Gasteiger partial charge is 0.235 e. The molecule has 86 valence electrons. The van der Waals surface area contributed by atoms with Gasteiger partial charge in [-0.05, 0) is 24.6 Å². The first-order valence-electron chi connectivity index (χ1n) is 5.05. The molecule has 1 aromatic heterocycles. The zero-order valence-corrected chi connectivity index (χ0v) is 9.22. The molecule has 2 rings (SSSR count). The first-order chi connectivity index (χ1) is 8.22. The molecule has 4 nitrogen and oxygen atoms in total. The highest BCUT2D eigenvalue weighted by atomic mass is 19.1. The minimum absolute atomic E-state index is 0.142. The van der Waals surface area contributed by atoms with Gasteiger partial charge in [0.2, 0.25) is 6.08 Å². The fourth-order valence-corrected chi connectivity index (χ4v) is 1.60. The van der Waals surface area contributed by atoms with Crippen LogP contribution in [0.1, 0.15) is 11.4 Å². The van der Waals surface area contributed by atoms with E-state index in [-0.39, 0.29) is 12.4 Å². The van der Waals surface area contributed by atoms with Gasteiger partial charge in [0.15, 0.2) is 0 Å². The normalized spacial score (nSPS) is 10.0. The molecule has 0 saturated carbocycles. The molecule has 0 atom stereocenters. The average molecular weight is 231 g/mol. The van der Waals surface area contributed by atoms with Crippen LogP contribution in [-0.4, -0.2) is 15.6 Å². The van der Waals surface area contributed by atoms with Crippen molar-refractivity contribution in [2.45, 2.75) is 13.5 Å². The van der Waals surface area contributed by atoms with E-state index in [0.717, 1.165) is 0 Å². The van der Waals surface area contributed by atoms with Crippen molar-refractivity contribution in [2.24, 2.45) is 4.99 Å². The summed E-state index contributed by atoms with van der Waals surface area (Å²) in [6, 6.07) is 4.72. The maximum Gasteiger partial charge on any atom is 0.235 e. The molecule has 0 aliphatic rings. The van der Waals surface area contributed by atoms with Crippen LogP contribution in [0.3, 0.4) is 0 Å². The Hall–Kier alpha value is -2.26. The molecule has 17 heavy (non-hydrogen) atoms. The Morgan fingerprint density at radius 2 is 2.35 bits per heavy atom. The molecular weight excluding hydrogens is 221 g/mol. The number of isocyanates is 1. The SMILES string of the molecule is Cc1nccn1-c1ccc(CN=C=O)cc1F. The number of nitrogens with zero attached hydrogens (tertiary/aromatic N) is 3. The van der Waals surface area contributed by atoms with Gasteiger partial charge in [-0.25, -0.2) is 19.2 Å². The molecule has 1 heterocycles. The minimum atomic E-state index is -0.371. The van der Waals surface area contributed by atoms with Gasteiger partial charge < -0.3 is 4.57 Å². The number of hydrogen-bond acceptors (Lipinski definition) is 3. The molecular formula is C12H10FN3O. The lowest BCUT2D eigenvalue weighted by Crippen LogP contribution is -1.99. The van der Waals surface area contributed by atoms with Crippen molar-refractivity contribution in [1.82, 2.24) is 9.55 Å². The second kappa shape index (κ2) is 4.72. The third-order valence-corrected chi connectivity index (χ3v) is 2.42. The van der Waals surface area contributed by atoms with E-state index < -0.39 is 0 Å². The summed E-state index contributed by atoms with van der Waals surface area (Å²) in [5, 5.41) is 0. The van der Waals surface area contributed by atoms with Crippen LogP contribution < -0.4 is 0 Å². The van der Waals surface area contributed by atoms with E-state index in [1.54, 1.807) is 36.0 Å². The van der Waals surface area contributed by atoms with E-state index in [1.807, 2.05) is 0 Å². The van der Waals surface area contributed by atoms with E-state index in [1.165, 1.54) is 12.1 Å². The summed E-state index contributed by atoms with van der Waals surface area (Å²) in [5.41, 5.74) is 1.06. The summed E-state index contributed by atoms with van der Waals surface area (Å²) in [7, 11) is 0. The lowest BCUT2D eigenvalue weighted by atomic mass is 10.2. The van der Waals surface area contributed by atoms with Gasteiger partial charge in [-0.15, -0.1) is 0 Å². The first kappa shape index (κ1) is 11.2. The topological polar surface area (TPSA) is 47.2 Å². The fourth-order valence-electron chi connectivity index (χ4n) is 1.60. The van der Waals surface area contributed by atoms with Crippen molar-refractivity contribution in [1.29, 1.82) is 0 Å². The minimum Gasteiger partial charge on any atom is -0.301 e. The van der Waals surface area contributed by atoms with Crippen LogP contribution in [0.25, 0.3) is 5.69 Å². The van der Waals surface area contributed by atoms with Crippen LogP contribution in [-0.2, 0) is 11.3 Å². The second-order valence-corrected chi connectivity index (χ2v) is 3.54. The summed E-state index contributed by atoms with van der Waals surface area (Å²) >= 11 is 0. The van der Waals surface area contributed by atoms with Crippen molar-refractivity contribution in [3.8, 4) is 5.69 Å². The number of imidazole rings is 1. The Morgan fingerprint density at radius 3 is 2.94 bits per heavy atom. The Morgan fingerprint density at radius 1 is 1.53 bits per heavy atom. The van der Waals surface area contributed by atoms with Crippen LogP contribution in [0.2, 0.25) is 0 Å². The Labute approximate surface area is 97.4 Å². The maximum absolute atomic E-state index is 13.8. The number of hydrogen-bond donors (Lipinski definition) is 0. The number of carbonyl (C=O) groups excluding carboxylic acids is 1. The van der Waals surface area contributed by atoms with E-state index >= 15 is 0 Å². The second-order valence-electron chi connectivity index (χ2n) is 3.54. The standard InChI is InChI=1S/C12H10FN3O/c1-9-15-4-5-16(9)12-3-2-10(6-11(12)13)7-14-8-17/h2-6H,7H2,1H3. The molecule has 5 heteroatoms. The largest absolute Gasteiger partial charge is 0.301 e. The van der Waals surface area contributed by atoms with Gasteiger partial charge in [0.05, 0.1) is 12.2 Å². The number of aryl methyl sites for hydroxylation is 1. The quantitative estimate of drug-likeness (QED) is 0.600. The summed E-state index contributed by atoms with van der Waals surface area (Å²) in [5.74, 6) is 0.340. The Balaban J connectivity index is 2.38. The monoisotopic (exact) mass is 231 g/mol. The van der Waals surface area contributed by atoms with Crippen molar-refractivity contribution >= 4 is 6.08 Å². The zero-order valence-electron chi connectivity index (χ0n) is 9.22. The summed E-state index contributed by atoms with van der Waals surface area (Å²) < 4.78 is 15.5. The third kappa shape index (κ3) is 2.29. The molecule has 0 aliphatic carbocycles. The Bertz CT molecular complexity index is 585. The number of aliphatic imine (C=N–C) groups is 1. The first-order valence-corrected chi connectivity index (χ1v) is 5.05. The van der Waals surface area contributed by atoms with Gasteiger partial charge in [-0.1, -0.05) is 6.07 Å². The zero-order chi connectivity index (χ0) is 12.3. The molecule has 0 unspecified atom stereocenters. The highest BCUT2D eigenvalue weighted by molar-refractivity contribution is 5.39. The molecule has 0 spiro atoms. The summed E-state index contributed by atoms with van der Waals surface area (Å²) in [4.78, 5) is 17.4. The maximum atomic E-state index is 13.8. The molecule has 0 radical (unpaired) electrons. The lowest BCUT2D eigenvalue weighted by molar-refractivity contribution is 0.562. The molecule has 0 aliphatic heterocycles. The van der Waals surface area contributed by atoms with E-state index in [2.05, 4.69) is 9.98 Å². The van der Waals surface area contributed by atoms with Crippen LogP contribution >= 0.6 is 0 Å². The van der Waals surface area contributed by atoms with Gasteiger partial charge >= 0.3 is 0 Å². The molecule has 2 aromatic rings. The van der Waals surface area contributed by atoms with Crippen molar-refractivity contribution in [3.05, 3.63) is 47.8 Å². The summed E-state index contributed by atoms with van der Waals surface area (Å²) in [6.45, 7) is 1.94. The Kier molecular flexibility index (Phi) is 3.12. The molecule has 0 N–H and O–H groups in total. The molecule has 0 bridgehead atoms. The fraction of sp³-hybridized carbons (Fsp3) is 0.167. The summed E-state index contributed by atoms with van der Waals surface area (Å²) in [6.07, 6.45) is 4.73. The molecule has 0 fully saturated rings.